The molecule has 0 saturated carbocycles. The summed E-state index contributed by atoms with van der Waals surface area (Å²) in [6.07, 6.45) is 4.80. The average Bonchev–Trinajstić information content (AvgIpc) is 1.57. The number of halogens is 1. The molecule has 2 fully saturated rings. The van der Waals surface area contributed by atoms with Crippen LogP contribution in [0.1, 0.15) is 173 Å². The number of nitrogens with zero attached hydrogens (tertiary/aromatic N) is 2. The van der Waals surface area contributed by atoms with Gasteiger partial charge in [-0.1, -0.05) is 76.1 Å². The zero-order chi connectivity index (χ0) is 67.2. The van der Waals surface area contributed by atoms with E-state index >= 15 is 0 Å². The Hall–Kier alpha value is -6.68. The van der Waals surface area contributed by atoms with Crippen LogP contribution in [0.2, 0.25) is 5.02 Å². The second kappa shape index (κ2) is 32.6. The number of esters is 3. The van der Waals surface area contributed by atoms with E-state index in [-0.39, 0.29) is 85.0 Å². The number of Topliss-reactive ketones (excluding diaryl/α,β-unsaturated/α-hetero) is 2. The first-order valence-electron chi connectivity index (χ1n) is 31.5. The monoisotopic (exact) mass is 1280 g/mol. The molecule has 90 heavy (non-hydrogen) atoms. The lowest BCUT2D eigenvalue weighted by Crippen LogP contribution is -2.53. The number of ketones is 2. The number of allylic oxidation sites excluding steroid dienone is 3. The van der Waals surface area contributed by atoms with Gasteiger partial charge in [-0.15, -0.1) is 0 Å². The summed E-state index contributed by atoms with van der Waals surface area (Å²) in [5, 5.41) is 17.7. The summed E-state index contributed by atoms with van der Waals surface area (Å²) in [4.78, 5) is 125. The van der Waals surface area contributed by atoms with Crippen LogP contribution < -0.4 is 26.0 Å². The Labute approximate surface area is 536 Å². The van der Waals surface area contributed by atoms with Gasteiger partial charge in [-0.05, 0) is 140 Å². The Balaban J connectivity index is 1.32. The molecular weight excluding hydrogens is 1180 g/mol. The number of aliphatic hydroxyl groups is 1. The van der Waals surface area contributed by atoms with E-state index in [4.69, 9.17) is 45.8 Å². The van der Waals surface area contributed by atoms with Crippen LogP contribution in [0.3, 0.4) is 0 Å². The number of hydrogen-bond acceptors (Lipinski definition) is 16. The highest BCUT2D eigenvalue weighted by molar-refractivity contribution is 6.35. The SMILES string of the molecule is CCC(CC)C(=O)OC(C)(C)CCCCC(=O)C[C@H](C(=O)N[C@@H](CCCNC(N)=O)C(=O)Cc1ccc(C(=O)N(C)[C@@H](C)C(=O)O[C@H]2CC(=O)N(C)c3cc(cc(OC)c3Cl)C/C(C)=C/C=C/[C@@H](OC)[C@]3(O)CC(=O)O[C@@H](C3)[C@@H](C)[C@@H]3O[C@@]23C)cc1C)C(C)C. The zero-order valence-electron chi connectivity index (χ0n) is 55.4. The molecule has 21 nitrogen and oxygen atoms in total. The largest absolute Gasteiger partial charge is 0.495 e. The molecule has 4 bridgehead atoms. The second-order valence-electron chi connectivity index (χ2n) is 25.9. The summed E-state index contributed by atoms with van der Waals surface area (Å²) in [6.45, 7) is 20.1. The van der Waals surface area contributed by atoms with E-state index in [0.717, 1.165) is 11.1 Å². The van der Waals surface area contributed by atoms with Crippen molar-refractivity contribution in [3.63, 3.8) is 0 Å². The number of anilines is 1. The number of benzene rings is 2. The van der Waals surface area contributed by atoms with Crippen LogP contribution in [0.15, 0.2) is 54.1 Å². The second-order valence-corrected chi connectivity index (χ2v) is 26.3. The summed E-state index contributed by atoms with van der Waals surface area (Å²) in [5.41, 5.74) is 4.93. The van der Waals surface area contributed by atoms with Gasteiger partial charge < -0.3 is 59.7 Å². The molecule has 3 aliphatic heterocycles. The molecule has 5 amide bonds. The Morgan fingerprint density at radius 3 is 2.30 bits per heavy atom. The predicted octanol–water partition coefficient (Wildman–Crippen LogP) is 8.98. The van der Waals surface area contributed by atoms with Crippen LogP contribution in [0, 0.1) is 30.6 Å². The lowest BCUT2D eigenvalue weighted by Gasteiger charge is -2.41. The maximum absolute atomic E-state index is 14.6. The molecule has 5 rings (SSSR count). The van der Waals surface area contributed by atoms with Gasteiger partial charge in [0.05, 0.1) is 43.7 Å². The van der Waals surface area contributed by atoms with Crippen LogP contribution in [0.25, 0.3) is 0 Å². The molecule has 2 aromatic rings. The number of hydrogen-bond donors (Lipinski definition) is 4. The number of epoxide rings is 1. The number of nitrogens with one attached hydrogen (secondary N) is 2. The molecule has 0 aromatic heterocycles. The molecule has 498 valence electrons. The first-order chi connectivity index (χ1) is 42.2. The van der Waals surface area contributed by atoms with E-state index in [1.807, 2.05) is 54.5 Å². The number of urea groups is 1. The van der Waals surface area contributed by atoms with Crippen LogP contribution >= 0.6 is 11.6 Å². The standard InChI is InChI=1S/C68H98ClN5O16/c1-16-45(17-2)64(82)90-66(9,10)28-19-18-23-48(75)35-49(39(3)4)61(79)72-50(24-21-29-71-65(70)83)52(76)34-46-26-27-47(31-41(46)6)62(80)73(12)43(8)63(81)88-56-36-57(77)74(13)51-32-44(33-53(85-14)59(51)69)30-40(5)22-20-25-55(86-15)68(84)37-54(87-58(78)38-68)42(7)60-67(56,11)89-60/h20,22,25-27,31-33,39,42-43,45,49-50,54-56,60,84H,16-19,21,23-24,28-30,34-38H2,1-15H3,(H,72,79)(H3,70,71,83)/b25-20+,40-22+/t42-,43+,49+,50+,54+,55-,56+,60+,67+,68-/m1/s1. The maximum Gasteiger partial charge on any atom is 0.328 e. The molecule has 0 unspecified atom stereocenters. The van der Waals surface area contributed by atoms with Crippen LogP contribution in [-0.4, -0.2) is 151 Å². The molecule has 3 heterocycles. The van der Waals surface area contributed by atoms with E-state index in [2.05, 4.69) is 10.6 Å². The highest BCUT2D eigenvalue weighted by atomic mass is 35.5. The van der Waals surface area contributed by atoms with Crippen molar-refractivity contribution in [3.05, 3.63) is 81.4 Å². The third kappa shape index (κ3) is 19.7. The highest BCUT2D eigenvalue weighted by Crippen LogP contribution is 2.50. The summed E-state index contributed by atoms with van der Waals surface area (Å²) in [6, 6.07) is 5.32. The Kier molecular flexibility index (Phi) is 26.8. The molecule has 5 N–H and O–H groups in total. The number of ether oxygens (including phenoxy) is 6. The van der Waals surface area contributed by atoms with E-state index in [9.17, 15) is 48.3 Å². The third-order valence-corrected chi connectivity index (χ3v) is 18.5. The molecule has 0 radical (unpaired) electrons. The topological polar surface area (TPSA) is 289 Å². The van der Waals surface area contributed by atoms with Crippen LogP contribution in [-0.2, 0) is 70.1 Å². The lowest BCUT2D eigenvalue weighted by atomic mass is 9.78. The summed E-state index contributed by atoms with van der Waals surface area (Å²) >= 11 is 6.88. The van der Waals surface area contributed by atoms with Crippen molar-refractivity contribution < 1.29 is 76.7 Å². The van der Waals surface area contributed by atoms with Crippen molar-refractivity contribution >= 4 is 70.5 Å². The Morgan fingerprint density at radius 2 is 1.68 bits per heavy atom. The number of unbranched alkanes of at least 4 members (excludes halogenated alkanes) is 1. The van der Waals surface area contributed by atoms with Gasteiger partial charge in [-0.3, -0.25) is 33.6 Å². The summed E-state index contributed by atoms with van der Waals surface area (Å²) in [5.74, 6) is -5.12. The van der Waals surface area contributed by atoms with E-state index in [1.165, 1.54) is 44.1 Å². The van der Waals surface area contributed by atoms with Gasteiger partial charge >= 0.3 is 23.9 Å². The van der Waals surface area contributed by atoms with Gasteiger partial charge in [0.1, 0.15) is 57.7 Å². The molecular formula is C68H98ClN5O16. The third-order valence-electron chi connectivity index (χ3n) is 18.1. The van der Waals surface area contributed by atoms with Gasteiger partial charge in [0, 0.05) is 70.8 Å². The molecule has 3 aliphatic rings. The van der Waals surface area contributed by atoms with Gasteiger partial charge in [0.25, 0.3) is 5.91 Å². The molecule has 22 heteroatoms. The lowest BCUT2D eigenvalue weighted by molar-refractivity contribution is -0.187. The van der Waals surface area contributed by atoms with Crippen molar-refractivity contribution in [2.45, 2.75) is 219 Å². The first kappa shape index (κ1) is 74.1. The molecule has 2 saturated heterocycles. The quantitative estimate of drug-likeness (QED) is 0.0281. The molecule has 0 spiro atoms. The van der Waals surface area contributed by atoms with Gasteiger partial charge in [0.15, 0.2) is 5.78 Å². The summed E-state index contributed by atoms with van der Waals surface area (Å²) < 4.78 is 35.7. The van der Waals surface area contributed by atoms with E-state index in [0.29, 0.717) is 67.5 Å². The van der Waals surface area contributed by atoms with Gasteiger partial charge in [0.2, 0.25) is 11.8 Å². The fourth-order valence-electron chi connectivity index (χ4n) is 12.0. The number of amides is 5. The minimum Gasteiger partial charge on any atom is -0.495 e. The number of nitrogens with two attached hydrogens (primary N) is 1. The molecule has 0 aliphatic carbocycles. The smallest absolute Gasteiger partial charge is 0.328 e. The summed E-state index contributed by atoms with van der Waals surface area (Å²) in [7, 11) is 5.89. The van der Waals surface area contributed by atoms with Crippen LogP contribution in [0.4, 0.5) is 10.5 Å². The van der Waals surface area contributed by atoms with E-state index < -0.39 is 107 Å². The van der Waals surface area contributed by atoms with Crippen molar-refractivity contribution in [1.82, 2.24) is 15.5 Å². The van der Waals surface area contributed by atoms with Gasteiger partial charge in [-0.25, -0.2) is 9.59 Å². The fourth-order valence-corrected chi connectivity index (χ4v) is 12.3. The Morgan fingerprint density at radius 1 is 0.989 bits per heavy atom. The number of carbonyl (C=O) groups excluding carboxylic acids is 9. The predicted molar refractivity (Wildman–Crippen MR) is 341 cm³/mol. The zero-order valence-corrected chi connectivity index (χ0v) is 56.2. The molecule has 10 atom stereocenters. The fraction of sp³-hybridized carbons (Fsp3) is 0.632. The van der Waals surface area contributed by atoms with Crippen molar-refractivity contribution in [3.8, 4) is 5.75 Å². The minimum atomic E-state index is -1.66. The maximum atomic E-state index is 14.6. The Bertz CT molecular complexity index is 3000. The number of likely N-dealkylation sites (N-methyl/N-ethyl adjacent to an activating group) is 1. The average molecular weight is 1280 g/mol. The van der Waals surface area contributed by atoms with Crippen LogP contribution in [0.5, 0.6) is 5.75 Å². The number of primary amides is 1. The van der Waals surface area contributed by atoms with Crippen molar-refractivity contribution in [2.24, 2.45) is 29.4 Å². The number of fused-ring (bicyclic) bond motifs is 5. The number of carbonyl (C=O) groups is 9. The molecule has 2 aromatic carbocycles. The highest BCUT2D eigenvalue weighted by Gasteiger charge is 2.64. The minimum absolute atomic E-state index is 0.0123. The number of aryl methyl sites for hydroxylation is 1. The van der Waals surface area contributed by atoms with E-state index in [1.54, 1.807) is 64.2 Å². The van der Waals surface area contributed by atoms with Crippen molar-refractivity contribution in [2.75, 3.05) is 39.8 Å². The normalized spacial score (nSPS) is 24.1. The first-order valence-corrected chi connectivity index (χ1v) is 31.9. The van der Waals surface area contributed by atoms with Gasteiger partial charge in [-0.2, -0.15) is 0 Å². The van der Waals surface area contributed by atoms with Crippen molar-refractivity contribution in [1.29, 1.82) is 0 Å². The number of methoxy groups -OCH3 is 2. The number of rotatable bonds is 27.